The summed E-state index contributed by atoms with van der Waals surface area (Å²) in [5.41, 5.74) is 8.14. The first kappa shape index (κ1) is 14.3. The summed E-state index contributed by atoms with van der Waals surface area (Å²) in [4.78, 5) is 24.3. The number of hydrogen-bond donors (Lipinski definition) is 3. The Morgan fingerprint density at radius 1 is 1.05 bits per heavy atom. The molecule has 112 valence electrons. The Labute approximate surface area is 128 Å². The Bertz CT molecular complexity index is 683. The van der Waals surface area contributed by atoms with E-state index >= 15 is 0 Å². The lowest BCUT2D eigenvalue weighted by molar-refractivity contribution is -0.121. The van der Waals surface area contributed by atoms with Crippen molar-refractivity contribution >= 4 is 11.8 Å². The van der Waals surface area contributed by atoms with Gasteiger partial charge in [-0.15, -0.1) is 0 Å². The molecule has 0 radical (unpaired) electrons. The van der Waals surface area contributed by atoms with Gasteiger partial charge in [-0.05, 0) is 24.6 Å². The third-order valence-electron chi connectivity index (χ3n) is 3.73. The maximum Gasteiger partial charge on any atom is 0.258 e. The van der Waals surface area contributed by atoms with E-state index in [0.717, 1.165) is 11.1 Å². The predicted octanol–water partition coefficient (Wildman–Crippen LogP) is 1.47. The molecule has 1 heterocycles. The van der Waals surface area contributed by atoms with Gasteiger partial charge in [-0.3, -0.25) is 15.0 Å². The highest BCUT2D eigenvalue weighted by Crippen LogP contribution is 2.21. The molecule has 0 unspecified atom stereocenters. The van der Waals surface area contributed by atoms with Gasteiger partial charge in [-0.1, -0.05) is 48.0 Å². The molecule has 2 amide bonds. The first-order chi connectivity index (χ1) is 10.6. The fourth-order valence-corrected chi connectivity index (χ4v) is 2.47. The average Bonchev–Trinajstić information content (AvgIpc) is 2.90. The zero-order chi connectivity index (χ0) is 15.5. The summed E-state index contributed by atoms with van der Waals surface area (Å²) in [7, 11) is 0. The number of amides is 2. The highest BCUT2D eigenvalue weighted by atomic mass is 16.2. The maximum atomic E-state index is 12.3. The highest BCUT2D eigenvalue weighted by Gasteiger charge is 2.36. The summed E-state index contributed by atoms with van der Waals surface area (Å²) in [6.07, 6.45) is 0. The molecular weight excluding hydrogens is 278 g/mol. The molecule has 2 aromatic carbocycles. The van der Waals surface area contributed by atoms with Crippen LogP contribution in [0.4, 0.5) is 0 Å². The average molecular weight is 295 g/mol. The van der Waals surface area contributed by atoms with Gasteiger partial charge < -0.3 is 5.32 Å². The Kier molecular flexibility index (Phi) is 3.89. The van der Waals surface area contributed by atoms with E-state index in [9.17, 15) is 9.59 Å². The largest absolute Gasteiger partial charge is 0.338 e. The van der Waals surface area contributed by atoms with Crippen molar-refractivity contribution in [3.8, 4) is 0 Å². The minimum Gasteiger partial charge on any atom is -0.338 e. The minimum atomic E-state index is -0.643. The first-order valence-electron chi connectivity index (χ1n) is 7.13. The zero-order valence-electron chi connectivity index (χ0n) is 12.2. The van der Waals surface area contributed by atoms with Crippen molar-refractivity contribution in [3.05, 3.63) is 71.3 Å². The lowest BCUT2D eigenvalue weighted by atomic mass is 9.99. The molecule has 3 rings (SSSR count). The molecule has 1 aliphatic rings. The van der Waals surface area contributed by atoms with Crippen LogP contribution in [-0.4, -0.2) is 17.9 Å². The van der Waals surface area contributed by atoms with Gasteiger partial charge in [0.25, 0.3) is 11.8 Å². The van der Waals surface area contributed by atoms with Crippen LogP contribution in [0, 0.1) is 6.92 Å². The molecule has 0 bridgehead atoms. The second-order valence-electron chi connectivity index (χ2n) is 5.34. The van der Waals surface area contributed by atoms with Crippen molar-refractivity contribution in [2.24, 2.45) is 0 Å². The number of carbonyl (C=O) groups excluding carboxylic acids is 2. The van der Waals surface area contributed by atoms with Crippen LogP contribution in [-0.2, 0) is 4.79 Å². The summed E-state index contributed by atoms with van der Waals surface area (Å²) in [5, 5.41) is 2.79. The van der Waals surface area contributed by atoms with Crippen molar-refractivity contribution in [2.75, 3.05) is 0 Å². The van der Waals surface area contributed by atoms with Gasteiger partial charge in [0.2, 0.25) is 0 Å². The van der Waals surface area contributed by atoms with Gasteiger partial charge in [-0.2, -0.15) is 0 Å². The van der Waals surface area contributed by atoms with Crippen LogP contribution in [0.5, 0.6) is 0 Å². The van der Waals surface area contributed by atoms with Crippen molar-refractivity contribution in [3.63, 3.8) is 0 Å². The number of nitrogens with one attached hydrogen (secondary N) is 3. The van der Waals surface area contributed by atoms with E-state index in [1.807, 2.05) is 37.3 Å². The molecule has 5 nitrogen and oxygen atoms in total. The number of benzene rings is 2. The van der Waals surface area contributed by atoms with E-state index in [4.69, 9.17) is 0 Å². The van der Waals surface area contributed by atoms with Gasteiger partial charge >= 0.3 is 0 Å². The lowest BCUT2D eigenvalue weighted by Crippen LogP contribution is -2.42. The SMILES string of the molecule is Cc1ccc([C@H]2NNC(=O)[C@H]2NC(=O)c2ccccc2)cc1. The molecule has 1 saturated heterocycles. The second-order valence-corrected chi connectivity index (χ2v) is 5.34. The van der Waals surface area contributed by atoms with Crippen molar-refractivity contribution in [1.29, 1.82) is 0 Å². The molecule has 1 fully saturated rings. The zero-order valence-corrected chi connectivity index (χ0v) is 12.2. The van der Waals surface area contributed by atoms with Crippen LogP contribution in [0.25, 0.3) is 0 Å². The third kappa shape index (κ3) is 2.84. The van der Waals surface area contributed by atoms with E-state index < -0.39 is 6.04 Å². The molecule has 3 N–H and O–H groups in total. The van der Waals surface area contributed by atoms with Gasteiger partial charge in [0.15, 0.2) is 0 Å². The summed E-state index contributed by atoms with van der Waals surface area (Å²) in [5.74, 6) is -0.503. The van der Waals surface area contributed by atoms with Crippen LogP contribution in [0.3, 0.4) is 0 Å². The highest BCUT2D eigenvalue weighted by molar-refractivity contribution is 5.98. The van der Waals surface area contributed by atoms with E-state index in [2.05, 4.69) is 16.2 Å². The fourth-order valence-electron chi connectivity index (χ4n) is 2.47. The number of hydrogen-bond acceptors (Lipinski definition) is 3. The molecule has 0 aromatic heterocycles. The molecule has 2 aromatic rings. The Hall–Kier alpha value is -2.66. The number of carbonyl (C=O) groups is 2. The molecule has 0 aliphatic carbocycles. The van der Waals surface area contributed by atoms with E-state index in [-0.39, 0.29) is 17.9 Å². The first-order valence-corrected chi connectivity index (χ1v) is 7.13. The van der Waals surface area contributed by atoms with Gasteiger partial charge in [-0.25, -0.2) is 5.43 Å². The number of hydrazine groups is 1. The molecule has 1 aliphatic heterocycles. The second kappa shape index (κ2) is 5.99. The number of rotatable bonds is 3. The van der Waals surface area contributed by atoms with Crippen LogP contribution in [0.1, 0.15) is 27.5 Å². The quantitative estimate of drug-likeness (QED) is 0.803. The van der Waals surface area contributed by atoms with E-state index in [1.165, 1.54) is 0 Å². The van der Waals surface area contributed by atoms with Crippen LogP contribution in [0.2, 0.25) is 0 Å². The summed E-state index contributed by atoms with van der Waals surface area (Å²) >= 11 is 0. The smallest absolute Gasteiger partial charge is 0.258 e. The van der Waals surface area contributed by atoms with Crippen molar-refractivity contribution < 1.29 is 9.59 Å². The lowest BCUT2D eigenvalue weighted by Gasteiger charge is -2.18. The standard InChI is InChI=1S/C17H17N3O2/c1-11-7-9-12(10-8-11)14-15(17(22)20-19-14)18-16(21)13-5-3-2-4-6-13/h2-10,14-15,19H,1H3,(H,18,21)(H,20,22)/t14-,15+/m1/s1. The fraction of sp³-hybridized carbons (Fsp3) is 0.176. The molecule has 22 heavy (non-hydrogen) atoms. The van der Waals surface area contributed by atoms with Crippen LogP contribution in [0.15, 0.2) is 54.6 Å². The van der Waals surface area contributed by atoms with Crippen LogP contribution < -0.4 is 16.2 Å². The Balaban J connectivity index is 1.79. The van der Waals surface area contributed by atoms with E-state index in [1.54, 1.807) is 24.3 Å². The molecular formula is C17H17N3O2. The van der Waals surface area contributed by atoms with Gasteiger partial charge in [0.05, 0.1) is 6.04 Å². The van der Waals surface area contributed by atoms with Gasteiger partial charge in [0, 0.05) is 5.56 Å². The summed E-state index contributed by atoms with van der Waals surface area (Å²) in [6, 6.07) is 15.8. The topological polar surface area (TPSA) is 70.2 Å². The third-order valence-corrected chi connectivity index (χ3v) is 3.73. The van der Waals surface area contributed by atoms with Gasteiger partial charge in [0.1, 0.15) is 6.04 Å². The summed E-state index contributed by atoms with van der Waals surface area (Å²) in [6.45, 7) is 2.00. The number of aryl methyl sites for hydroxylation is 1. The Morgan fingerprint density at radius 2 is 1.73 bits per heavy atom. The monoisotopic (exact) mass is 295 g/mol. The molecule has 0 saturated carbocycles. The predicted molar refractivity (Wildman–Crippen MR) is 82.9 cm³/mol. The Morgan fingerprint density at radius 3 is 2.41 bits per heavy atom. The normalized spacial score (nSPS) is 20.5. The maximum absolute atomic E-state index is 12.3. The summed E-state index contributed by atoms with van der Waals surface area (Å²) < 4.78 is 0. The van der Waals surface area contributed by atoms with Crippen LogP contribution >= 0.6 is 0 Å². The molecule has 0 spiro atoms. The molecule has 5 heteroatoms. The van der Waals surface area contributed by atoms with Crippen molar-refractivity contribution in [1.82, 2.24) is 16.2 Å². The molecule has 2 atom stereocenters. The van der Waals surface area contributed by atoms with E-state index in [0.29, 0.717) is 5.56 Å². The minimum absolute atomic E-state index is 0.241. The van der Waals surface area contributed by atoms with Crippen molar-refractivity contribution in [2.45, 2.75) is 19.0 Å².